The van der Waals surface area contributed by atoms with Crippen LogP contribution in [0.1, 0.15) is 18.1 Å². The van der Waals surface area contributed by atoms with Crippen LogP contribution in [0.4, 0.5) is 5.95 Å². The van der Waals surface area contributed by atoms with Gasteiger partial charge in [-0.15, -0.1) is 10.2 Å². The van der Waals surface area contributed by atoms with Crippen LogP contribution >= 0.6 is 0 Å². The first-order chi connectivity index (χ1) is 12.1. The molecule has 3 N–H and O–H groups in total. The molecular formula is C18H16N6O. The Kier molecular flexibility index (Phi) is 3.53. The summed E-state index contributed by atoms with van der Waals surface area (Å²) in [5, 5.41) is 23.4. The number of aromatic hydroxyl groups is 1. The highest BCUT2D eigenvalue weighted by molar-refractivity contribution is 6.03. The molecule has 25 heavy (non-hydrogen) atoms. The van der Waals surface area contributed by atoms with Crippen LogP contribution in [0.15, 0.2) is 47.6 Å². The molecule has 0 aliphatic carbocycles. The summed E-state index contributed by atoms with van der Waals surface area (Å²) in [4.78, 5) is 7.65. The molecule has 7 heteroatoms. The van der Waals surface area contributed by atoms with E-state index >= 15 is 0 Å². The molecule has 0 amide bonds. The van der Waals surface area contributed by atoms with Gasteiger partial charge in [-0.05, 0) is 38.1 Å². The van der Waals surface area contributed by atoms with Gasteiger partial charge in [0, 0.05) is 16.5 Å². The van der Waals surface area contributed by atoms with Crippen molar-refractivity contribution in [2.24, 2.45) is 5.10 Å². The van der Waals surface area contributed by atoms with E-state index in [-0.39, 0.29) is 11.7 Å². The predicted octanol–water partition coefficient (Wildman–Crippen LogP) is 3.36. The molecule has 2 heterocycles. The minimum absolute atomic E-state index is 0.172. The van der Waals surface area contributed by atoms with Crippen molar-refractivity contribution in [2.75, 3.05) is 5.43 Å². The zero-order valence-corrected chi connectivity index (χ0v) is 13.8. The summed E-state index contributed by atoms with van der Waals surface area (Å²) in [7, 11) is 0. The summed E-state index contributed by atoms with van der Waals surface area (Å²) in [6.45, 7) is 3.82. The van der Waals surface area contributed by atoms with Crippen molar-refractivity contribution < 1.29 is 5.11 Å². The third-order valence-corrected chi connectivity index (χ3v) is 3.99. The number of phenols is 1. The van der Waals surface area contributed by atoms with Crippen LogP contribution in [-0.4, -0.2) is 31.0 Å². The van der Waals surface area contributed by atoms with Crippen LogP contribution in [0.3, 0.4) is 0 Å². The smallest absolute Gasteiger partial charge is 0.265 e. The van der Waals surface area contributed by atoms with Gasteiger partial charge in [-0.3, -0.25) is 0 Å². The van der Waals surface area contributed by atoms with Gasteiger partial charge in [0.15, 0.2) is 5.65 Å². The van der Waals surface area contributed by atoms with Crippen molar-refractivity contribution in [1.82, 2.24) is 20.2 Å². The number of phenolic OH excluding ortho intramolecular Hbond substituents is 1. The molecule has 0 radical (unpaired) electrons. The van der Waals surface area contributed by atoms with Gasteiger partial charge in [0.25, 0.3) is 5.95 Å². The van der Waals surface area contributed by atoms with Gasteiger partial charge < -0.3 is 10.1 Å². The van der Waals surface area contributed by atoms with E-state index in [0.717, 1.165) is 22.0 Å². The molecule has 2 aromatic carbocycles. The number of nitrogens with one attached hydrogen (secondary N) is 2. The Morgan fingerprint density at radius 1 is 1.16 bits per heavy atom. The molecule has 0 aliphatic rings. The molecule has 0 aliphatic heterocycles. The molecule has 4 aromatic rings. The van der Waals surface area contributed by atoms with Gasteiger partial charge in [0.05, 0.1) is 5.71 Å². The predicted molar refractivity (Wildman–Crippen MR) is 97.9 cm³/mol. The second-order valence-electron chi connectivity index (χ2n) is 5.83. The maximum atomic E-state index is 9.87. The monoisotopic (exact) mass is 332 g/mol. The lowest BCUT2D eigenvalue weighted by Gasteiger charge is -2.04. The minimum Gasteiger partial charge on any atom is -0.507 e. The van der Waals surface area contributed by atoms with E-state index in [1.54, 1.807) is 25.1 Å². The zero-order valence-electron chi connectivity index (χ0n) is 13.8. The highest BCUT2D eigenvalue weighted by Gasteiger charge is 2.09. The van der Waals surface area contributed by atoms with E-state index in [9.17, 15) is 5.11 Å². The Morgan fingerprint density at radius 3 is 2.84 bits per heavy atom. The Balaban J connectivity index is 1.67. The number of H-pyrrole nitrogens is 1. The quantitative estimate of drug-likeness (QED) is 0.395. The largest absolute Gasteiger partial charge is 0.507 e. The third kappa shape index (κ3) is 2.76. The van der Waals surface area contributed by atoms with Crippen LogP contribution in [0.5, 0.6) is 5.75 Å². The van der Waals surface area contributed by atoms with Crippen LogP contribution in [0.2, 0.25) is 0 Å². The molecule has 2 aromatic heterocycles. The van der Waals surface area contributed by atoms with Gasteiger partial charge >= 0.3 is 0 Å². The molecule has 0 atom stereocenters. The van der Waals surface area contributed by atoms with Gasteiger partial charge in [-0.1, -0.05) is 23.8 Å². The number of hydrogen-bond donors (Lipinski definition) is 3. The number of aryl methyl sites for hydroxylation is 1. The lowest BCUT2D eigenvalue weighted by Crippen LogP contribution is -2.03. The maximum Gasteiger partial charge on any atom is 0.265 e. The molecule has 0 fully saturated rings. The van der Waals surface area contributed by atoms with Crippen molar-refractivity contribution in [3.8, 4) is 5.75 Å². The first-order valence-electron chi connectivity index (χ1n) is 7.83. The average molecular weight is 332 g/mol. The Hall–Kier alpha value is -3.48. The van der Waals surface area contributed by atoms with Crippen molar-refractivity contribution >= 4 is 33.7 Å². The van der Waals surface area contributed by atoms with Crippen LogP contribution < -0.4 is 5.43 Å². The standard InChI is InChI=1S/C18H16N6O/c1-10-7-8-14-13(9-10)16-17(19-14)20-18(24-22-16)23-21-11(2)12-5-3-4-6-15(12)25/h3-9,25H,1-2H3,(H2,19,20,23,24). The van der Waals surface area contributed by atoms with Gasteiger partial charge in [0.1, 0.15) is 11.3 Å². The normalized spacial score (nSPS) is 12.0. The topological polar surface area (TPSA) is 99.1 Å². The Morgan fingerprint density at radius 2 is 2.00 bits per heavy atom. The summed E-state index contributed by atoms with van der Waals surface area (Å²) >= 11 is 0. The fourth-order valence-electron chi connectivity index (χ4n) is 2.71. The Bertz CT molecular complexity index is 1120. The summed E-state index contributed by atoms with van der Waals surface area (Å²) < 4.78 is 0. The van der Waals surface area contributed by atoms with Crippen molar-refractivity contribution in [3.63, 3.8) is 0 Å². The highest BCUT2D eigenvalue weighted by atomic mass is 16.3. The number of benzene rings is 2. The molecule has 0 saturated carbocycles. The van der Waals surface area contributed by atoms with Crippen LogP contribution in [0.25, 0.3) is 22.1 Å². The third-order valence-electron chi connectivity index (χ3n) is 3.99. The molecule has 0 bridgehead atoms. The number of aromatic amines is 1. The number of hydrogen-bond acceptors (Lipinski definition) is 6. The van der Waals surface area contributed by atoms with Crippen LogP contribution in [0, 0.1) is 6.92 Å². The van der Waals surface area contributed by atoms with E-state index in [0.29, 0.717) is 16.9 Å². The van der Waals surface area contributed by atoms with Crippen molar-refractivity contribution in [1.29, 1.82) is 0 Å². The van der Waals surface area contributed by atoms with Gasteiger partial charge in [0.2, 0.25) is 0 Å². The van der Waals surface area contributed by atoms with Crippen LogP contribution in [-0.2, 0) is 0 Å². The lowest BCUT2D eigenvalue weighted by molar-refractivity contribution is 0.474. The highest BCUT2D eigenvalue weighted by Crippen LogP contribution is 2.23. The molecule has 124 valence electrons. The van der Waals surface area contributed by atoms with E-state index in [1.165, 1.54) is 0 Å². The maximum absolute atomic E-state index is 9.87. The number of hydrazone groups is 1. The first kappa shape index (κ1) is 15.1. The van der Waals surface area contributed by atoms with E-state index in [2.05, 4.69) is 36.8 Å². The molecule has 0 unspecified atom stereocenters. The second kappa shape index (κ2) is 5.86. The summed E-state index contributed by atoms with van der Waals surface area (Å²) in [5.74, 6) is 0.455. The number of para-hydroxylation sites is 1. The van der Waals surface area contributed by atoms with Crippen molar-refractivity contribution in [2.45, 2.75) is 13.8 Å². The molecular weight excluding hydrogens is 316 g/mol. The molecule has 0 saturated heterocycles. The second-order valence-corrected chi connectivity index (χ2v) is 5.83. The molecule has 7 nitrogen and oxygen atoms in total. The minimum atomic E-state index is 0.172. The number of fused-ring (bicyclic) bond motifs is 3. The summed E-state index contributed by atoms with van der Waals surface area (Å²) in [6.07, 6.45) is 0. The zero-order chi connectivity index (χ0) is 17.4. The fourth-order valence-corrected chi connectivity index (χ4v) is 2.71. The van der Waals surface area contributed by atoms with E-state index in [4.69, 9.17) is 0 Å². The SMILES string of the molecule is CC(=NNc1nnc2c(n1)[nH]c1ccc(C)cc12)c1ccccc1O. The fraction of sp³-hybridized carbons (Fsp3) is 0.111. The summed E-state index contributed by atoms with van der Waals surface area (Å²) in [6, 6.07) is 13.1. The Labute approximate surface area is 143 Å². The number of aromatic nitrogens is 4. The number of rotatable bonds is 3. The molecule has 4 rings (SSSR count). The number of anilines is 1. The van der Waals surface area contributed by atoms with E-state index < -0.39 is 0 Å². The van der Waals surface area contributed by atoms with Gasteiger partial charge in [-0.2, -0.15) is 10.1 Å². The first-order valence-corrected chi connectivity index (χ1v) is 7.83. The van der Waals surface area contributed by atoms with Gasteiger partial charge in [-0.25, -0.2) is 5.43 Å². The average Bonchev–Trinajstić information content (AvgIpc) is 2.97. The summed E-state index contributed by atoms with van der Waals surface area (Å²) in [5.41, 5.74) is 7.55. The molecule has 0 spiro atoms. The van der Waals surface area contributed by atoms with E-state index in [1.807, 2.05) is 25.1 Å². The number of nitrogens with zero attached hydrogens (tertiary/aromatic N) is 4. The van der Waals surface area contributed by atoms with Crippen molar-refractivity contribution in [3.05, 3.63) is 53.6 Å². The lowest BCUT2D eigenvalue weighted by atomic mass is 10.1.